The monoisotopic (exact) mass is 219 g/mol. The van der Waals surface area contributed by atoms with Gasteiger partial charge in [-0.3, -0.25) is 0 Å². The van der Waals surface area contributed by atoms with Crippen molar-refractivity contribution in [1.82, 2.24) is 0 Å². The Kier molecular flexibility index (Phi) is 2.61. The summed E-state index contributed by atoms with van der Waals surface area (Å²) < 4.78 is 37.1. The minimum atomic E-state index is -4.52. The van der Waals surface area contributed by atoms with Crippen molar-refractivity contribution >= 4 is 11.7 Å². The lowest BCUT2D eigenvalue weighted by molar-refractivity contribution is -0.138. The summed E-state index contributed by atoms with van der Waals surface area (Å²) >= 11 is 0. The highest BCUT2D eigenvalue weighted by molar-refractivity contribution is 5.94. The molecule has 0 fully saturated rings. The van der Waals surface area contributed by atoms with Gasteiger partial charge in [0, 0.05) is 5.69 Å². The number of anilines is 1. The molecule has 1 aromatic carbocycles. The number of nitrogens with two attached hydrogens (primary N) is 1. The van der Waals surface area contributed by atoms with E-state index >= 15 is 0 Å². The van der Waals surface area contributed by atoms with Gasteiger partial charge in [-0.15, -0.1) is 0 Å². The summed E-state index contributed by atoms with van der Waals surface area (Å²) in [5.41, 5.74) is 3.43. The highest BCUT2D eigenvalue weighted by atomic mass is 19.4. The number of alkyl halides is 3. The molecule has 3 nitrogen and oxygen atoms in total. The van der Waals surface area contributed by atoms with Gasteiger partial charge in [0.25, 0.3) is 0 Å². The first-order valence-corrected chi connectivity index (χ1v) is 3.94. The van der Waals surface area contributed by atoms with E-state index in [0.717, 1.165) is 6.07 Å². The maximum absolute atomic E-state index is 12.4. The van der Waals surface area contributed by atoms with Gasteiger partial charge >= 0.3 is 12.1 Å². The van der Waals surface area contributed by atoms with Crippen molar-refractivity contribution in [2.45, 2.75) is 13.1 Å². The molecule has 0 saturated heterocycles. The molecule has 0 aliphatic carbocycles. The van der Waals surface area contributed by atoms with E-state index in [0.29, 0.717) is 6.07 Å². The molecule has 0 amide bonds. The van der Waals surface area contributed by atoms with Gasteiger partial charge in [-0.05, 0) is 24.6 Å². The van der Waals surface area contributed by atoms with Crippen molar-refractivity contribution < 1.29 is 23.1 Å². The van der Waals surface area contributed by atoms with Gasteiger partial charge in [-0.2, -0.15) is 13.2 Å². The van der Waals surface area contributed by atoms with Crippen molar-refractivity contribution in [3.05, 3.63) is 28.8 Å². The highest BCUT2D eigenvalue weighted by Crippen LogP contribution is 2.34. The first kappa shape index (κ1) is 11.4. The number of hydrogen-bond acceptors (Lipinski definition) is 2. The number of hydrogen-bond donors (Lipinski definition) is 2. The zero-order valence-electron chi connectivity index (χ0n) is 7.72. The zero-order valence-corrected chi connectivity index (χ0v) is 7.72. The quantitative estimate of drug-likeness (QED) is 0.712. The van der Waals surface area contributed by atoms with Crippen molar-refractivity contribution in [2.24, 2.45) is 0 Å². The van der Waals surface area contributed by atoms with Crippen LogP contribution in [0.15, 0.2) is 12.1 Å². The minimum Gasteiger partial charge on any atom is -0.478 e. The average molecular weight is 219 g/mol. The van der Waals surface area contributed by atoms with Crippen LogP contribution in [0, 0.1) is 6.92 Å². The fraction of sp³-hybridized carbons (Fsp3) is 0.222. The molecule has 0 bridgehead atoms. The zero-order chi connectivity index (χ0) is 11.8. The fourth-order valence-corrected chi connectivity index (χ4v) is 1.22. The Balaban J connectivity index is 3.39. The smallest absolute Gasteiger partial charge is 0.416 e. The number of rotatable bonds is 1. The first-order valence-electron chi connectivity index (χ1n) is 3.94. The topological polar surface area (TPSA) is 63.3 Å². The molecule has 1 rings (SSSR count). The second-order valence-electron chi connectivity index (χ2n) is 3.06. The number of aromatic carboxylic acids is 1. The van der Waals surface area contributed by atoms with Crippen LogP contribution in [0.2, 0.25) is 0 Å². The van der Waals surface area contributed by atoms with E-state index in [-0.39, 0.29) is 16.8 Å². The molecule has 0 radical (unpaired) electrons. The summed E-state index contributed by atoms with van der Waals surface area (Å²) in [4.78, 5) is 10.6. The molecule has 0 atom stereocenters. The molecular weight excluding hydrogens is 211 g/mol. The lowest BCUT2D eigenvalue weighted by atomic mass is 10.0. The molecule has 0 spiro atoms. The van der Waals surface area contributed by atoms with E-state index in [4.69, 9.17) is 10.8 Å². The van der Waals surface area contributed by atoms with Crippen LogP contribution in [0.5, 0.6) is 0 Å². The Labute approximate surface area is 83.3 Å². The molecule has 6 heteroatoms. The third-order valence-corrected chi connectivity index (χ3v) is 1.93. The number of nitrogen functional groups attached to an aromatic ring is 1. The number of carboxylic acids is 1. The molecular formula is C9H8F3NO2. The van der Waals surface area contributed by atoms with Gasteiger partial charge < -0.3 is 10.8 Å². The number of carbonyl (C=O) groups is 1. The minimum absolute atomic E-state index is 0.158. The summed E-state index contributed by atoms with van der Waals surface area (Å²) in [5, 5.41) is 8.62. The third kappa shape index (κ3) is 2.20. The van der Waals surface area contributed by atoms with Crippen LogP contribution in [-0.4, -0.2) is 11.1 Å². The van der Waals surface area contributed by atoms with Crippen molar-refractivity contribution in [1.29, 1.82) is 0 Å². The maximum atomic E-state index is 12.4. The standard InChI is InChI=1S/C9H8F3NO2/c1-4-2-5(8(14)15)7(13)3-6(4)9(10,11)12/h2-3H,13H2,1H3,(H,14,15). The maximum Gasteiger partial charge on any atom is 0.416 e. The lowest BCUT2D eigenvalue weighted by Gasteiger charge is -2.12. The Bertz CT molecular complexity index is 413. The largest absolute Gasteiger partial charge is 0.478 e. The van der Waals surface area contributed by atoms with Gasteiger partial charge in [-0.25, -0.2) is 4.79 Å². The summed E-state index contributed by atoms with van der Waals surface area (Å²) in [6.45, 7) is 1.19. The van der Waals surface area contributed by atoms with Crippen LogP contribution in [0.3, 0.4) is 0 Å². The molecule has 0 aliphatic rings. The number of benzene rings is 1. The predicted molar refractivity (Wildman–Crippen MR) is 47.6 cm³/mol. The average Bonchev–Trinajstić information content (AvgIpc) is 2.06. The molecule has 0 unspecified atom stereocenters. The van der Waals surface area contributed by atoms with Gasteiger partial charge in [0.15, 0.2) is 0 Å². The number of aryl methyl sites for hydroxylation is 1. The van der Waals surface area contributed by atoms with Gasteiger partial charge in [0.1, 0.15) is 0 Å². The molecule has 1 aromatic rings. The van der Waals surface area contributed by atoms with Gasteiger partial charge in [-0.1, -0.05) is 0 Å². The van der Waals surface area contributed by atoms with E-state index in [1.807, 2.05) is 0 Å². The van der Waals surface area contributed by atoms with Crippen LogP contribution in [0.4, 0.5) is 18.9 Å². The molecule has 0 heterocycles. The summed E-state index contributed by atoms with van der Waals surface area (Å²) in [7, 11) is 0. The van der Waals surface area contributed by atoms with Crippen molar-refractivity contribution in [3.63, 3.8) is 0 Å². The van der Waals surface area contributed by atoms with Crippen LogP contribution < -0.4 is 5.73 Å². The first-order chi connectivity index (χ1) is 6.73. The van der Waals surface area contributed by atoms with Crippen LogP contribution in [0.1, 0.15) is 21.5 Å². The Morgan fingerprint density at radius 1 is 1.40 bits per heavy atom. The molecule has 15 heavy (non-hydrogen) atoms. The van der Waals surface area contributed by atoms with Gasteiger partial charge in [0.2, 0.25) is 0 Å². The van der Waals surface area contributed by atoms with E-state index in [2.05, 4.69) is 0 Å². The predicted octanol–water partition coefficient (Wildman–Crippen LogP) is 2.29. The molecule has 0 aliphatic heterocycles. The lowest BCUT2D eigenvalue weighted by Crippen LogP contribution is -2.11. The third-order valence-electron chi connectivity index (χ3n) is 1.93. The van der Waals surface area contributed by atoms with Crippen LogP contribution in [0.25, 0.3) is 0 Å². The molecule has 0 saturated carbocycles. The van der Waals surface area contributed by atoms with Crippen LogP contribution >= 0.6 is 0 Å². The summed E-state index contributed by atoms with van der Waals surface area (Å²) in [6.07, 6.45) is -4.52. The van der Waals surface area contributed by atoms with Gasteiger partial charge in [0.05, 0.1) is 11.1 Å². The number of carboxylic acid groups (broad SMARTS) is 1. The fourth-order valence-electron chi connectivity index (χ4n) is 1.22. The summed E-state index contributed by atoms with van der Waals surface area (Å²) in [6, 6.07) is 1.55. The second-order valence-corrected chi connectivity index (χ2v) is 3.06. The van der Waals surface area contributed by atoms with E-state index in [9.17, 15) is 18.0 Å². The molecule has 0 aromatic heterocycles. The molecule has 82 valence electrons. The SMILES string of the molecule is Cc1cc(C(=O)O)c(N)cc1C(F)(F)F. The highest BCUT2D eigenvalue weighted by Gasteiger charge is 2.33. The normalized spacial score (nSPS) is 11.5. The van der Waals surface area contributed by atoms with Crippen molar-refractivity contribution in [3.8, 4) is 0 Å². The van der Waals surface area contributed by atoms with E-state index in [1.165, 1.54) is 6.92 Å². The van der Waals surface area contributed by atoms with Crippen LogP contribution in [-0.2, 0) is 6.18 Å². The Morgan fingerprint density at radius 2 is 1.93 bits per heavy atom. The molecule has 3 N–H and O–H groups in total. The van der Waals surface area contributed by atoms with E-state index < -0.39 is 17.7 Å². The Hall–Kier alpha value is -1.72. The Morgan fingerprint density at radius 3 is 2.33 bits per heavy atom. The van der Waals surface area contributed by atoms with Crippen molar-refractivity contribution in [2.75, 3.05) is 5.73 Å². The van der Waals surface area contributed by atoms with E-state index in [1.54, 1.807) is 0 Å². The second kappa shape index (κ2) is 3.45. The number of halogens is 3. The summed E-state index contributed by atoms with van der Waals surface area (Å²) in [5.74, 6) is -1.34.